The third-order valence-corrected chi connectivity index (χ3v) is 4.10. The summed E-state index contributed by atoms with van der Waals surface area (Å²) >= 11 is 0. The van der Waals surface area contributed by atoms with E-state index in [1.54, 1.807) is 6.20 Å². The van der Waals surface area contributed by atoms with Gasteiger partial charge in [0.25, 0.3) is 0 Å². The maximum Gasteiger partial charge on any atom is 0.130 e. The van der Waals surface area contributed by atoms with Crippen molar-refractivity contribution in [2.75, 3.05) is 19.6 Å². The van der Waals surface area contributed by atoms with E-state index in [9.17, 15) is 5.11 Å². The predicted octanol–water partition coefficient (Wildman–Crippen LogP) is 1.33. The maximum atomic E-state index is 9.82. The molecule has 2 unspecified atom stereocenters. The molecule has 0 bridgehead atoms. The van der Waals surface area contributed by atoms with Crippen molar-refractivity contribution >= 4 is 0 Å². The van der Waals surface area contributed by atoms with Crippen LogP contribution in [0.1, 0.15) is 11.3 Å². The maximum absolute atomic E-state index is 9.82. The lowest BCUT2D eigenvalue weighted by molar-refractivity contribution is 0.146. The van der Waals surface area contributed by atoms with E-state index in [0.717, 1.165) is 36.6 Å². The molecule has 1 aromatic carbocycles. The smallest absolute Gasteiger partial charge is 0.130 e. The van der Waals surface area contributed by atoms with E-state index in [-0.39, 0.29) is 12.0 Å². The average Bonchev–Trinajstić information content (AvgIpc) is 3.00. The monoisotopic (exact) mass is 313 g/mol. The van der Waals surface area contributed by atoms with Crippen LogP contribution in [-0.4, -0.2) is 35.8 Å². The topological polar surface area (TPSA) is 66.4 Å². The molecule has 23 heavy (non-hydrogen) atoms. The van der Waals surface area contributed by atoms with Crippen LogP contribution >= 0.6 is 0 Å². The van der Waals surface area contributed by atoms with Crippen LogP contribution in [0.5, 0.6) is 5.75 Å². The zero-order chi connectivity index (χ0) is 15.9. The van der Waals surface area contributed by atoms with Crippen LogP contribution < -0.4 is 15.4 Å². The van der Waals surface area contributed by atoms with Crippen LogP contribution in [0.3, 0.4) is 0 Å². The molecule has 0 saturated carbocycles. The quantitative estimate of drug-likeness (QED) is 0.720. The number of β-amino-alcohol motifs (C(OH)–C–C–N with tert-alkyl or cyclic N) is 1. The molecule has 122 valence electrons. The minimum atomic E-state index is -0.252. The Kier molecular flexibility index (Phi) is 5.58. The van der Waals surface area contributed by atoms with Crippen molar-refractivity contribution < 1.29 is 9.84 Å². The number of nitrogens with one attached hydrogen (secondary N) is 2. The zero-order valence-electron chi connectivity index (χ0n) is 13.1. The van der Waals surface area contributed by atoms with Crippen molar-refractivity contribution in [3.63, 3.8) is 0 Å². The summed E-state index contributed by atoms with van der Waals surface area (Å²) in [5.41, 5.74) is 2.03. The minimum absolute atomic E-state index is 0.252. The number of benzene rings is 1. The van der Waals surface area contributed by atoms with E-state index in [2.05, 4.69) is 21.7 Å². The van der Waals surface area contributed by atoms with E-state index in [0.29, 0.717) is 13.2 Å². The van der Waals surface area contributed by atoms with Gasteiger partial charge in [-0.1, -0.05) is 24.3 Å². The zero-order valence-corrected chi connectivity index (χ0v) is 13.1. The van der Waals surface area contributed by atoms with Gasteiger partial charge >= 0.3 is 0 Å². The number of ether oxygens (including phenoxy) is 1. The Labute approximate surface area is 136 Å². The number of aromatic nitrogens is 1. The summed E-state index contributed by atoms with van der Waals surface area (Å²) in [6.45, 7) is 3.54. The first-order valence-electron chi connectivity index (χ1n) is 8.03. The molecule has 0 aliphatic carbocycles. The number of hydrogen-bond acceptors (Lipinski definition) is 5. The molecule has 1 saturated heterocycles. The Morgan fingerprint density at radius 2 is 2.04 bits per heavy atom. The molecule has 1 aromatic heterocycles. The minimum Gasteiger partial charge on any atom is -0.487 e. The third kappa shape index (κ3) is 4.51. The Morgan fingerprint density at radius 3 is 2.83 bits per heavy atom. The molecule has 0 amide bonds. The van der Waals surface area contributed by atoms with Gasteiger partial charge in [-0.15, -0.1) is 0 Å². The van der Waals surface area contributed by atoms with Crippen molar-refractivity contribution in [2.24, 2.45) is 5.92 Å². The van der Waals surface area contributed by atoms with Crippen LogP contribution in [0.2, 0.25) is 0 Å². The van der Waals surface area contributed by atoms with Crippen LogP contribution in [0, 0.1) is 5.92 Å². The number of aliphatic hydroxyl groups is 1. The molecule has 5 nitrogen and oxygen atoms in total. The van der Waals surface area contributed by atoms with Gasteiger partial charge in [0.2, 0.25) is 0 Å². The lowest BCUT2D eigenvalue weighted by Crippen LogP contribution is -2.30. The number of rotatable bonds is 7. The highest BCUT2D eigenvalue weighted by Crippen LogP contribution is 2.19. The molecule has 2 heterocycles. The number of para-hydroxylation sites is 1. The van der Waals surface area contributed by atoms with Crippen LogP contribution in [0.15, 0.2) is 48.7 Å². The Hall–Kier alpha value is -1.95. The summed E-state index contributed by atoms with van der Waals surface area (Å²) < 4.78 is 5.90. The second-order valence-electron chi connectivity index (χ2n) is 5.83. The van der Waals surface area contributed by atoms with E-state index >= 15 is 0 Å². The van der Waals surface area contributed by atoms with E-state index in [1.165, 1.54) is 0 Å². The van der Waals surface area contributed by atoms with Gasteiger partial charge in [0.15, 0.2) is 0 Å². The van der Waals surface area contributed by atoms with Gasteiger partial charge in [-0.3, -0.25) is 4.98 Å². The SMILES string of the molecule is OC1CNCC1CNCc1ccccc1OCc1ccccn1. The molecule has 1 aliphatic rings. The van der Waals surface area contributed by atoms with Crippen LogP contribution in [0.4, 0.5) is 0 Å². The van der Waals surface area contributed by atoms with Gasteiger partial charge < -0.3 is 20.5 Å². The standard InChI is InChI=1S/C18H23N3O2/c22-17-12-20-11-15(17)10-19-9-14-5-1-2-7-18(14)23-13-16-6-3-4-8-21-16/h1-8,15,17,19-20,22H,9-13H2. The molecular formula is C18H23N3O2. The molecular weight excluding hydrogens is 290 g/mol. The fraction of sp³-hybridized carbons (Fsp3) is 0.389. The number of pyridine rings is 1. The first-order valence-corrected chi connectivity index (χ1v) is 8.03. The first-order chi connectivity index (χ1) is 11.3. The third-order valence-electron chi connectivity index (χ3n) is 4.10. The molecule has 3 rings (SSSR count). The summed E-state index contributed by atoms with van der Waals surface area (Å²) in [4.78, 5) is 4.27. The highest BCUT2D eigenvalue weighted by molar-refractivity contribution is 5.33. The van der Waals surface area contributed by atoms with Gasteiger partial charge in [0.1, 0.15) is 12.4 Å². The average molecular weight is 313 g/mol. The lowest BCUT2D eigenvalue weighted by atomic mass is 10.1. The van der Waals surface area contributed by atoms with Crippen LogP contribution in [-0.2, 0) is 13.2 Å². The second-order valence-corrected chi connectivity index (χ2v) is 5.83. The Bertz CT molecular complexity index is 606. The van der Waals surface area contributed by atoms with Crippen molar-refractivity contribution in [1.29, 1.82) is 0 Å². The normalized spacial score (nSPS) is 20.6. The molecule has 5 heteroatoms. The predicted molar refractivity (Wildman–Crippen MR) is 89.1 cm³/mol. The molecule has 1 aliphatic heterocycles. The van der Waals surface area contributed by atoms with E-state index < -0.39 is 0 Å². The first kappa shape index (κ1) is 15.9. The van der Waals surface area contributed by atoms with Gasteiger partial charge in [-0.25, -0.2) is 0 Å². The summed E-state index contributed by atoms with van der Waals surface area (Å²) in [6, 6.07) is 13.8. The number of hydrogen-bond donors (Lipinski definition) is 3. The Balaban J connectivity index is 1.53. The molecule has 1 fully saturated rings. The summed E-state index contributed by atoms with van der Waals surface area (Å²) in [5, 5.41) is 16.4. The molecule has 2 aromatic rings. The fourth-order valence-corrected chi connectivity index (χ4v) is 2.75. The van der Waals surface area contributed by atoms with Crippen molar-refractivity contribution in [2.45, 2.75) is 19.3 Å². The van der Waals surface area contributed by atoms with Gasteiger partial charge in [0.05, 0.1) is 11.8 Å². The summed E-state index contributed by atoms with van der Waals surface area (Å²) in [7, 11) is 0. The van der Waals surface area contributed by atoms with Crippen LogP contribution in [0.25, 0.3) is 0 Å². The van der Waals surface area contributed by atoms with E-state index in [1.807, 2.05) is 36.4 Å². The highest BCUT2D eigenvalue weighted by Gasteiger charge is 2.24. The molecule has 2 atom stereocenters. The largest absolute Gasteiger partial charge is 0.487 e. The Morgan fingerprint density at radius 1 is 1.17 bits per heavy atom. The van der Waals surface area contributed by atoms with Crippen molar-refractivity contribution in [3.8, 4) is 5.75 Å². The van der Waals surface area contributed by atoms with Crippen molar-refractivity contribution in [3.05, 3.63) is 59.9 Å². The molecule has 3 N–H and O–H groups in total. The van der Waals surface area contributed by atoms with Gasteiger partial charge in [-0.05, 0) is 18.2 Å². The van der Waals surface area contributed by atoms with Gasteiger partial charge in [0, 0.05) is 43.9 Å². The molecule has 0 spiro atoms. The summed E-state index contributed by atoms with van der Waals surface area (Å²) in [5.74, 6) is 1.15. The van der Waals surface area contributed by atoms with Gasteiger partial charge in [-0.2, -0.15) is 0 Å². The highest BCUT2D eigenvalue weighted by atomic mass is 16.5. The fourth-order valence-electron chi connectivity index (χ4n) is 2.75. The number of nitrogens with zero attached hydrogens (tertiary/aromatic N) is 1. The molecule has 0 radical (unpaired) electrons. The number of aliphatic hydroxyl groups excluding tert-OH is 1. The van der Waals surface area contributed by atoms with Crippen molar-refractivity contribution in [1.82, 2.24) is 15.6 Å². The van der Waals surface area contributed by atoms with E-state index in [4.69, 9.17) is 4.74 Å². The lowest BCUT2D eigenvalue weighted by Gasteiger charge is -2.16. The summed E-state index contributed by atoms with van der Waals surface area (Å²) in [6.07, 6.45) is 1.52. The second kappa shape index (κ2) is 8.06.